The first-order valence-corrected chi connectivity index (χ1v) is 7.71. The summed E-state index contributed by atoms with van der Waals surface area (Å²) in [6.07, 6.45) is 3.15. The second-order valence-corrected chi connectivity index (χ2v) is 6.38. The van der Waals surface area contributed by atoms with E-state index in [0.717, 1.165) is 21.7 Å². The van der Waals surface area contributed by atoms with Crippen molar-refractivity contribution < 1.29 is 4.39 Å². The van der Waals surface area contributed by atoms with Crippen LogP contribution in [0.1, 0.15) is 24.3 Å². The van der Waals surface area contributed by atoms with Crippen LogP contribution in [0.2, 0.25) is 0 Å². The summed E-state index contributed by atoms with van der Waals surface area (Å²) in [4.78, 5) is 5.11. The van der Waals surface area contributed by atoms with Crippen LogP contribution >= 0.6 is 11.3 Å². The standard InChI is InChI=1S/C15H17FN4S/c1-10(2)18-6-14-11(7-20-9-17-8-19-20)15-12(16)4-3-5-13(15)21-14/h3-5,8-10,18H,6-7H2,1-2H3. The number of nitrogens with one attached hydrogen (secondary N) is 1. The molecule has 0 saturated heterocycles. The molecule has 0 fully saturated rings. The van der Waals surface area contributed by atoms with Gasteiger partial charge in [-0.2, -0.15) is 5.10 Å². The predicted octanol–water partition coefficient (Wildman–Crippen LogP) is 3.18. The fraction of sp³-hybridized carbons (Fsp3) is 0.333. The van der Waals surface area contributed by atoms with Gasteiger partial charge in [0.25, 0.3) is 0 Å². The Hall–Kier alpha value is -1.79. The topological polar surface area (TPSA) is 42.7 Å². The summed E-state index contributed by atoms with van der Waals surface area (Å²) >= 11 is 1.64. The third kappa shape index (κ3) is 2.96. The van der Waals surface area contributed by atoms with Gasteiger partial charge in [-0.15, -0.1) is 11.3 Å². The van der Waals surface area contributed by atoms with Crippen LogP contribution in [-0.2, 0) is 13.1 Å². The molecule has 0 saturated carbocycles. The lowest BCUT2D eigenvalue weighted by Gasteiger charge is -2.09. The van der Waals surface area contributed by atoms with E-state index in [-0.39, 0.29) is 5.82 Å². The maximum Gasteiger partial charge on any atom is 0.137 e. The number of nitrogens with zero attached hydrogens (tertiary/aromatic N) is 3. The van der Waals surface area contributed by atoms with Crippen LogP contribution in [0.3, 0.4) is 0 Å². The Bertz CT molecular complexity index is 734. The maximum atomic E-state index is 14.2. The van der Waals surface area contributed by atoms with E-state index in [2.05, 4.69) is 29.2 Å². The van der Waals surface area contributed by atoms with Crippen molar-refractivity contribution in [3.05, 3.63) is 47.1 Å². The largest absolute Gasteiger partial charge is 0.310 e. The Balaban J connectivity index is 2.05. The first-order valence-electron chi connectivity index (χ1n) is 6.89. The minimum absolute atomic E-state index is 0.172. The predicted molar refractivity (Wildman–Crippen MR) is 82.9 cm³/mol. The van der Waals surface area contributed by atoms with E-state index < -0.39 is 0 Å². The van der Waals surface area contributed by atoms with Gasteiger partial charge in [0, 0.05) is 27.5 Å². The van der Waals surface area contributed by atoms with Crippen molar-refractivity contribution in [2.24, 2.45) is 0 Å². The normalized spacial score (nSPS) is 11.6. The molecule has 0 radical (unpaired) electrons. The molecule has 0 aliphatic heterocycles. The third-order valence-electron chi connectivity index (χ3n) is 3.30. The number of aromatic nitrogens is 3. The fourth-order valence-corrected chi connectivity index (χ4v) is 3.48. The number of thiophene rings is 1. The molecule has 2 aromatic heterocycles. The van der Waals surface area contributed by atoms with Crippen molar-refractivity contribution in [3.8, 4) is 0 Å². The molecule has 3 rings (SSSR count). The minimum Gasteiger partial charge on any atom is -0.310 e. The Kier molecular flexibility index (Phi) is 3.98. The second kappa shape index (κ2) is 5.91. The molecular weight excluding hydrogens is 287 g/mol. The van der Waals surface area contributed by atoms with Crippen molar-refractivity contribution >= 4 is 21.4 Å². The maximum absolute atomic E-state index is 14.2. The molecule has 0 aliphatic carbocycles. The van der Waals surface area contributed by atoms with E-state index in [1.165, 1.54) is 12.4 Å². The van der Waals surface area contributed by atoms with Crippen LogP contribution in [0.25, 0.3) is 10.1 Å². The molecule has 2 heterocycles. The molecule has 4 nitrogen and oxygen atoms in total. The second-order valence-electron chi connectivity index (χ2n) is 5.25. The number of benzene rings is 1. The average molecular weight is 304 g/mol. The molecule has 0 unspecified atom stereocenters. The highest BCUT2D eigenvalue weighted by molar-refractivity contribution is 7.19. The molecule has 1 N–H and O–H groups in total. The lowest BCUT2D eigenvalue weighted by Crippen LogP contribution is -2.22. The highest BCUT2D eigenvalue weighted by Crippen LogP contribution is 2.33. The molecule has 0 bridgehead atoms. The van der Waals surface area contributed by atoms with Gasteiger partial charge < -0.3 is 5.32 Å². The minimum atomic E-state index is -0.172. The van der Waals surface area contributed by atoms with E-state index in [1.54, 1.807) is 28.4 Å². The van der Waals surface area contributed by atoms with Crippen molar-refractivity contribution in [2.75, 3.05) is 0 Å². The van der Waals surface area contributed by atoms with Gasteiger partial charge in [0.2, 0.25) is 0 Å². The zero-order chi connectivity index (χ0) is 14.8. The SMILES string of the molecule is CC(C)NCc1sc2cccc(F)c2c1Cn1cncn1. The molecule has 0 amide bonds. The van der Waals surface area contributed by atoms with Gasteiger partial charge in [0.1, 0.15) is 18.5 Å². The highest BCUT2D eigenvalue weighted by atomic mass is 32.1. The summed E-state index contributed by atoms with van der Waals surface area (Å²) in [5.41, 5.74) is 0.992. The first kappa shape index (κ1) is 14.2. The van der Waals surface area contributed by atoms with Crippen molar-refractivity contribution in [2.45, 2.75) is 33.0 Å². The lowest BCUT2D eigenvalue weighted by atomic mass is 10.1. The lowest BCUT2D eigenvalue weighted by molar-refractivity contribution is 0.587. The van der Waals surface area contributed by atoms with Gasteiger partial charge in [0.05, 0.1) is 6.54 Å². The van der Waals surface area contributed by atoms with Crippen LogP contribution < -0.4 is 5.32 Å². The third-order valence-corrected chi connectivity index (χ3v) is 4.50. The van der Waals surface area contributed by atoms with Gasteiger partial charge in [-0.05, 0) is 17.7 Å². The van der Waals surface area contributed by atoms with Crippen LogP contribution in [0.4, 0.5) is 4.39 Å². The molecule has 3 aromatic rings. The van der Waals surface area contributed by atoms with Crippen LogP contribution in [0.15, 0.2) is 30.9 Å². The summed E-state index contributed by atoms with van der Waals surface area (Å²) in [5.74, 6) is -0.172. The summed E-state index contributed by atoms with van der Waals surface area (Å²) in [6.45, 7) is 5.48. The molecule has 0 atom stereocenters. The van der Waals surface area contributed by atoms with E-state index in [1.807, 2.05) is 6.07 Å². The fourth-order valence-electron chi connectivity index (χ4n) is 2.30. The molecule has 6 heteroatoms. The Labute approximate surface area is 126 Å². The van der Waals surface area contributed by atoms with Crippen molar-refractivity contribution in [3.63, 3.8) is 0 Å². The molecule has 0 aliphatic rings. The number of hydrogen-bond donors (Lipinski definition) is 1. The van der Waals surface area contributed by atoms with E-state index in [9.17, 15) is 4.39 Å². The van der Waals surface area contributed by atoms with Crippen LogP contribution in [0.5, 0.6) is 0 Å². The monoisotopic (exact) mass is 304 g/mol. The highest BCUT2D eigenvalue weighted by Gasteiger charge is 2.16. The number of rotatable bonds is 5. The molecule has 110 valence electrons. The Morgan fingerprint density at radius 1 is 1.38 bits per heavy atom. The zero-order valence-electron chi connectivity index (χ0n) is 12.0. The van der Waals surface area contributed by atoms with Crippen LogP contribution in [0, 0.1) is 5.82 Å². The molecule has 0 spiro atoms. The summed E-state index contributed by atoms with van der Waals surface area (Å²) in [7, 11) is 0. The van der Waals surface area contributed by atoms with Gasteiger partial charge in [-0.25, -0.2) is 14.1 Å². The molecule has 1 aromatic carbocycles. The van der Waals surface area contributed by atoms with Gasteiger partial charge >= 0.3 is 0 Å². The van der Waals surface area contributed by atoms with Gasteiger partial charge in [-0.1, -0.05) is 19.9 Å². The summed E-state index contributed by atoms with van der Waals surface area (Å²) in [5, 5.41) is 8.24. The van der Waals surface area contributed by atoms with Crippen molar-refractivity contribution in [1.29, 1.82) is 0 Å². The van der Waals surface area contributed by atoms with E-state index in [4.69, 9.17) is 0 Å². The van der Waals surface area contributed by atoms with Gasteiger partial charge in [-0.3, -0.25) is 0 Å². The smallest absolute Gasteiger partial charge is 0.137 e. The summed E-state index contributed by atoms with van der Waals surface area (Å²) in [6, 6.07) is 5.62. The Morgan fingerprint density at radius 3 is 2.95 bits per heavy atom. The Morgan fingerprint density at radius 2 is 2.24 bits per heavy atom. The van der Waals surface area contributed by atoms with Crippen LogP contribution in [-0.4, -0.2) is 20.8 Å². The van der Waals surface area contributed by atoms with E-state index >= 15 is 0 Å². The van der Waals surface area contributed by atoms with E-state index in [0.29, 0.717) is 18.0 Å². The molecule has 21 heavy (non-hydrogen) atoms. The number of hydrogen-bond acceptors (Lipinski definition) is 4. The zero-order valence-corrected chi connectivity index (χ0v) is 12.8. The number of halogens is 1. The van der Waals surface area contributed by atoms with Crippen molar-refractivity contribution in [1.82, 2.24) is 20.1 Å². The number of fused-ring (bicyclic) bond motifs is 1. The molecular formula is C15H17FN4S. The quantitative estimate of drug-likeness (QED) is 0.787. The summed E-state index contributed by atoms with van der Waals surface area (Å²) < 4.78 is 16.9. The first-order chi connectivity index (χ1) is 10.1. The average Bonchev–Trinajstić information content (AvgIpc) is 3.06. The van der Waals surface area contributed by atoms with Gasteiger partial charge in [0.15, 0.2) is 0 Å².